The van der Waals surface area contributed by atoms with Crippen LogP contribution in [0.5, 0.6) is 0 Å². The molecule has 1 aromatic heterocycles. The lowest BCUT2D eigenvalue weighted by molar-refractivity contribution is -0.117. The van der Waals surface area contributed by atoms with Crippen LogP contribution < -0.4 is 5.32 Å². The van der Waals surface area contributed by atoms with Crippen LogP contribution in [-0.2, 0) is 4.79 Å². The first-order valence-electron chi connectivity index (χ1n) is 8.71. The van der Waals surface area contributed by atoms with Gasteiger partial charge in [-0.1, -0.05) is 48.5 Å². The number of carbonyl (C=O) groups excluding carboxylic acids is 1. The Kier molecular flexibility index (Phi) is 5.49. The first-order chi connectivity index (χ1) is 12.5. The molecule has 0 radical (unpaired) electrons. The number of anilines is 1. The van der Waals surface area contributed by atoms with Crippen LogP contribution in [0.1, 0.15) is 24.2 Å². The van der Waals surface area contributed by atoms with Crippen molar-refractivity contribution in [2.45, 2.75) is 19.9 Å². The van der Waals surface area contributed by atoms with Crippen molar-refractivity contribution in [1.29, 1.82) is 0 Å². The van der Waals surface area contributed by atoms with Gasteiger partial charge in [-0.2, -0.15) is 5.10 Å². The number of likely N-dealkylation sites (N-methyl/N-ethyl adjacent to an activating group) is 1. The Morgan fingerprint density at radius 2 is 1.73 bits per heavy atom. The third-order valence-corrected chi connectivity index (χ3v) is 4.44. The minimum atomic E-state index is -0.0626. The molecule has 134 valence electrons. The lowest BCUT2D eigenvalue weighted by atomic mass is 10.1. The van der Waals surface area contributed by atoms with Gasteiger partial charge in [-0.15, -0.1) is 0 Å². The van der Waals surface area contributed by atoms with Gasteiger partial charge in [-0.3, -0.25) is 9.69 Å². The number of amides is 1. The van der Waals surface area contributed by atoms with Crippen LogP contribution in [0.3, 0.4) is 0 Å². The quantitative estimate of drug-likeness (QED) is 0.737. The number of aromatic nitrogens is 2. The van der Waals surface area contributed by atoms with Gasteiger partial charge in [0, 0.05) is 12.1 Å². The highest BCUT2D eigenvalue weighted by atomic mass is 16.2. The molecule has 0 bridgehead atoms. The van der Waals surface area contributed by atoms with Crippen LogP contribution in [0.25, 0.3) is 5.69 Å². The van der Waals surface area contributed by atoms with Crippen LogP contribution in [0.15, 0.2) is 66.7 Å². The zero-order valence-electron chi connectivity index (χ0n) is 15.4. The largest absolute Gasteiger partial charge is 0.309 e. The van der Waals surface area contributed by atoms with Gasteiger partial charge in [0.05, 0.1) is 17.9 Å². The van der Waals surface area contributed by atoms with E-state index in [9.17, 15) is 4.79 Å². The van der Waals surface area contributed by atoms with Crippen molar-refractivity contribution in [2.75, 3.05) is 18.9 Å². The minimum absolute atomic E-state index is 0.0626. The summed E-state index contributed by atoms with van der Waals surface area (Å²) < 4.78 is 1.76. The molecule has 0 spiro atoms. The number of hydrogen-bond donors (Lipinski definition) is 1. The molecule has 26 heavy (non-hydrogen) atoms. The molecule has 0 aliphatic heterocycles. The number of carbonyl (C=O) groups is 1. The predicted octanol–water partition coefficient (Wildman–Crippen LogP) is 3.81. The molecule has 1 N–H and O–H groups in total. The topological polar surface area (TPSA) is 50.2 Å². The Bertz CT molecular complexity index is 858. The maximum Gasteiger partial charge on any atom is 0.239 e. The molecule has 0 saturated carbocycles. The third kappa shape index (κ3) is 4.18. The minimum Gasteiger partial charge on any atom is -0.309 e. The smallest absolute Gasteiger partial charge is 0.239 e. The number of benzene rings is 2. The number of hydrogen-bond acceptors (Lipinski definition) is 3. The molecule has 5 heteroatoms. The summed E-state index contributed by atoms with van der Waals surface area (Å²) in [5.41, 5.74) is 2.96. The zero-order chi connectivity index (χ0) is 18.5. The van der Waals surface area contributed by atoms with Gasteiger partial charge in [0.2, 0.25) is 5.91 Å². The summed E-state index contributed by atoms with van der Waals surface area (Å²) in [6.07, 6.45) is 0. The fraction of sp³-hybridized carbons (Fsp3) is 0.238. The lowest BCUT2D eigenvalue weighted by Gasteiger charge is -2.24. The Hall–Kier alpha value is -2.92. The van der Waals surface area contributed by atoms with Crippen molar-refractivity contribution in [3.8, 4) is 5.69 Å². The summed E-state index contributed by atoms with van der Waals surface area (Å²) in [7, 11) is 1.96. The monoisotopic (exact) mass is 348 g/mol. The molecule has 0 fully saturated rings. The molecule has 5 nitrogen and oxygen atoms in total. The van der Waals surface area contributed by atoms with Crippen molar-refractivity contribution < 1.29 is 4.79 Å². The van der Waals surface area contributed by atoms with E-state index in [-0.39, 0.29) is 11.9 Å². The van der Waals surface area contributed by atoms with Crippen LogP contribution >= 0.6 is 0 Å². The zero-order valence-corrected chi connectivity index (χ0v) is 15.4. The van der Waals surface area contributed by atoms with E-state index >= 15 is 0 Å². The molecular weight excluding hydrogens is 324 g/mol. The van der Waals surface area contributed by atoms with Gasteiger partial charge in [0.1, 0.15) is 5.82 Å². The van der Waals surface area contributed by atoms with E-state index in [2.05, 4.69) is 29.5 Å². The van der Waals surface area contributed by atoms with Gasteiger partial charge in [0.25, 0.3) is 0 Å². The van der Waals surface area contributed by atoms with Gasteiger partial charge in [-0.25, -0.2) is 4.68 Å². The summed E-state index contributed by atoms with van der Waals surface area (Å²) >= 11 is 0. The molecule has 1 atom stereocenters. The third-order valence-electron chi connectivity index (χ3n) is 4.44. The number of aryl methyl sites for hydroxylation is 1. The summed E-state index contributed by atoms with van der Waals surface area (Å²) in [5.74, 6) is 0.617. The molecule has 0 aliphatic rings. The number of rotatable bonds is 6. The van der Waals surface area contributed by atoms with Crippen molar-refractivity contribution in [1.82, 2.24) is 14.7 Å². The predicted molar refractivity (Wildman–Crippen MR) is 104 cm³/mol. The van der Waals surface area contributed by atoms with E-state index in [1.54, 1.807) is 4.68 Å². The molecule has 1 unspecified atom stereocenters. The average molecular weight is 348 g/mol. The molecule has 0 aliphatic carbocycles. The molecule has 1 heterocycles. The van der Waals surface area contributed by atoms with E-state index < -0.39 is 0 Å². The van der Waals surface area contributed by atoms with Crippen molar-refractivity contribution in [3.05, 3.63) is 78.0 Å². The lowest BCUT2D eigenvalue weighted by Crippen LogP contribution is -2.32. The number of para-hydroxylation sites is 1. The van der Waals surface area contributed by atoms with E-state index in [0.717, 1.165) is 11.4 Å². The summed E-state index contributed by atoms with van der Waals surface area (Å²) in [4.78, 5) is 14.6. The SMILES string of the molecule is Cc1cc(NC(=O)CN(C)C(C)c2ccccc2)n(-c2ccccc2)n1. The maximum absolute atomic E-state index is 12.6. The van der Waals surface area contributed by atoms with Crippen molar-refractivity contribution in [3.63, 3.8) is 0 Å². The Balaban J connectivity index is 1.69. The van der Waals surface area contributed by atoms with E-state index in [0.29, 0.717) is 12.4 Å². The Labute approximate surface area is 154 Å². The van der Waals surface area contributed by atoms with Gasteiger partial charge in [0.15, 0.2) is 0 Å². The molecule has 1 amide bonds. The van der Waals surface area contributed by atoms with Crippen molar-refractivity contribution >= 4 is 11.7 Å². The highest BCUT2D eigenvalue weighted by molar-refractivity contribution is 5.91. The first-order valence-corrected chi connectivity index (χ1v) is 8.71. The fourth-order valence-corrected chi connectivity index (χ4v) is 2.89. The van der Waals surface area contributed by atoms with Crippen molar-refractivity contribution in [2.24, 2.45) is 0 Å². The van der Waals surface area contributed by atoms with E-state index in [1.807, 2.05) is 73.5 Å². The summed E-state index contributed by atoms with van der Waals surface area (Å²) in [6, 6.07) is 22.0. The maximum atomic E-state index is 12.6. The molecule has 3 rings (SSSR count). The highest BCUT2D eigenvalue weighted by Gasteiger charge is 2.16. The van der Waals surface area contributed by atoms with Crippen LogP contribution in [-0.4, -0.2) is 34.2 Å². The Morgan fingerprint density at radius 1 is 1.12 bits per heavy atom. The van der Waals surface area contributed by atoms with E-state index in [1.165, 1.54) is 5.56 Å². The first kappa shape index (κ1) is 17.9. The second-order valence-corrected chi connectivity index (χ2v) is 6.47. The van der Waals surface area contributed by atoms with E-state index in [4.69, 9.17) is 0 Å². The summed E-state index contributed by atoms with van der Waals surface area (Å²) in [6.45, 7) is 4.31. The number of nitrogens with zero attached hydrogens (tertiary/aromatic N) is 3. The molecule has 2 aromatic carbocycles. The highest BCUT2D eigenvalue weighted by Crippen LogP contribution is 2.19. The van der Waals surface area contributed by atoms with Gasteiger partial charge in [-0.05, 0) is 38.6 Å². The standard InChI is InChI=1S/C21H24N4O/c1-16-14-20(25(23-16)19-12-8-5-9-13-19)22-21(26)15-24(3)17(2)18-10-6-4-7-11-18/h4-14,17H,15H2,1-3H3,(H,22,26). The average Bonchev–Trinajstić information content (AvgIpc) is 3.02. The van der Waals surface area contributed by atoms with Gasteiger partial charge >= 0.3 is 0 Å². The molecule has 0 saturated heterocycles. The second kappa shape index (κ2) is 7.97. The van der Waals surface area contributed by atoms with Crippen LogP contribution in [0.4, 0.5) is 5.82 Å². The van der Waals surface area contributed by atoms with Crippen LogP contribution in [0, 0.1) is 6.92 Å². The van der Waals surface area contributed by atoms with Gasteiger partial charge < -0.3 is 5.32 Å². The Morgan fingerprint density at radius 3 is 2.38 bits per heavy atom. The fourth-order valence-electron chi connectivity index (χ4n) is 2.89. The second-order valence-electron chi connectivity index (χ2n) is 6.47. The summed E-state index contributed by atoms with van der Waals surface area (Å²) in [5, 5.41) is 7.47. The molecule has 3 aromatic rings. The normalized spacial score (nSPS) is 12.2. The van der Waals surface area contributed by atoms with Crippen LogP contribution in [0.2, 0.25) is 0 Å². The molecular formula is C21H24N4O. The number of nitrogens with one attached hydrogen (secondary N) is 1.